The topological polar surface area (TPSA) is 69.1 Å². The summed E-state index contributed by atoms with van der Waals surface area (Å²) in [6.45, 7) is 1.55. The van der Waals surface area contributed by atoms with E-state index in [0.717, 1.165) is 5.56 Å². The van der Waals surface area contributed by atoms with Crippen LogP contribution in [0.1, 0.15) is 12.5 Å². The average Bonchev–Trinajstić information content (AvgIpc) is 1.96. The van der Waals surface area contributed by atoms with Crippen LogP contribution in [-0.2, 0) is 11.2 Å². The molecule has 0 saturated heterocycles. The van der Waals surface area contributed by atoms with Crippen LogP contribution in [0.5, 0.6) is 0 Å². The minimum Gasteiger partial charge on any atom is -0.397 e. The van der Waals surface area contributed by atoms with Gasteiger partial charge in [-0.1, -0.05) is 6.07 Å². The summed E-state index contributed by atoms with van der Waals surface area (Å²) in [7, 11) is 0. The van der Waals surface area contributed by atoms with Gasteiger partial charge in [0.15, 0.2) is 0 Å². The van der Waals surface area contributed by atoms with Crippen LogP contribution in [0, 0.1) is 0 Å². The number of anilines is 2. The maximum Gasteiger partial charge on any atom is 0.134 e. The van der Waals surface area contributed by atoms with E-state index in [2.05, 4.69) is 0 Å². The molecule has 0 spiro atoms. The van der Waals surface area contributed by atoms with Crippen molar-refractivity contribution in [2.45, 2.75) is 13.3 Å². The Balaban J connectivity index is 2.89. The number of carbonyl (C=O) groups excluding carboxylic acids is 1. The third kappa shape index (κ3) is 1.99. The highest BCUT2D eigenvalue weighted by Gasteiger charge is 1.99. The predicted molar refractivity (Wildman–Crippen MR) is 49.7 cm³/mol. The van der Waals surface area contributed by atoms with E-state index in [1.165, 1.54) is 0 Å². The van der Waals surface area contributed by atoms with E-state index in [1.807, 2.05) is 6.07 Å². The van der Waals surface area contributed by atoms with Crippen molar-refractivity contribution in [3.05, 3.63) is 23.8 Å². The molecule has 0 heterocycles. The summed E-state index contributed by atoms with van der Waals surface area (Å²) in [6.07, 6.45) is 0.421. The number of nitrogens with two attached hydrogens (primary N) is 2. The number of benzene rings is 1. The molecule has 0 fully saturated rings. The van der Waals surface area contributed by atoms with Crippen molar-refractivity contribution < 1.29 is 4.79 Å². The van der Waals surface area contributed by atoms with Gasteiger partial charge in [0.1, 0.15) is 5.78 Å². The molecule has 1 aromatic carbocycles. The molecular formula is C9H12N2O. The Labute approximate surface area is 71.4 Å². The molecule has 3 heteroatoms. The second-order valence-electron chi connectivity index (χ2n) is 2.84. The van der Waals surface area contributed by atoms with Crippen LogP contribution in [0.3, 0.4) is 0 Å². The van der Waals surface area contributed by atoms with Crippen molar-refractivity contribution in [3.8, 4) is 0 Å². The van der Waals surface area contributed by atoms with Gasteiger partial charge in [-0.15, -0.1) is 0 Å². The lowest BCUT2D eigenvalue weighted by molar-refractivity contribution is -0.116. The van der Waals surface area contributed by atoms with Gasteiger partial charge in [-0.05, 0) is 24.6 Å². The molecule has 3 nitrogen and oxygen atoms in total. The molecule has 12 heavy (non-hydrogen) atoms. The van der Waals surface area contributed by atoms with E-state index in [0.29, 0.717) is 17.8 Å². The molecule has 0 saturated carbocycles. The third-order valence-corrected chi connectivity index (χ3v) is 1.60. The minimum absolute atomic E-state index is 0.124. The molecular weight excluding hydrogens is 152 g/mol. The monoisotopic (exact) mass is 164 g/mol. The highest BCUT2D eigenvalue weighted by molar-refractivity contribution is 5.79. The van der Waals surface area contributed by atoms with Crippen molar-refractivity contribution >= 4 is 17.2 Å². The summed E-state index contributed by atoms with van der Waals surface area (Å²) in [5.41, 5.74) is 13.1. The molecule has 0 amide bonds. The Bertz CT molecular complexity index is 307. The first-order valence-electron chi connectivity index (χ1n) is 3.73. The molecule has 1 rings (SSSR count). The Morgan fingerprint density at radius 2 is 2.00 bits per heavy atom. The fourth-order valence-electron chi connectivity index (χ4n) is 1.02. The fraction of sp³-hybridized carbons (Fsp3) is 0.222. The molecule has 0 radical (unpaired) electrons. The van der Waals surface area contributed by atoms with Crippen LogP contribution >= 0.6 is 0 Å². The summed E-state index contributed by atoms with van der Waals surface area (Å²) < 4.78 is 0. The second kappa shape index (κ2) is 3.26. The van der Waals surface area contributed by atoms with Crippen molar-refractivity contribution in [3.63, 3.8) is 0 Å². The Hall–Kier alpha value is -1.51. The van der Waals surface area contributed by atoms with Gasteiger partial charge in [0.25, 0.3) is 0 Å². The van der Waals surface area contributed by atoms with E-state index in [9.17, 15) is 4.79 Å². The zero-order valence-corrected chi connectivity index (χ0v) is 7.00. The number of hydrogen-bond acceptors (Lipinski definition) is 3. The highest BCUT2D eigenvalue weighted by atomic mass is 16.1. The normalized spacial score (nSPS) is 9.75. The first-order valence-corrected chi connectivity index (χ1v) is 3.73. The van der Waals surface area contributed by atoms with Gasteiger partial charge in [-0.25, -0.2) is 0 Å². The van der Waals surface area contributed by atoms with Gasteiger partial charge in [0.05, 0.1) is 11.4 Å². The summed E-state index contributed by atoms with van der Waals surface area (Å²) in [5.74, 6) is 0.124. The van der Waals surface area contributed by atoms with Crippen LogP contribution in [0.15, 0.2) is 18.2 Å². The van der Waals surface area contributed by atoms with E-state index in [1.54, 1.807) is 19.1 Å². The highest BCUT2D eigenvalue weighted by Crippen LogP contribution is 2.16. The summed E-state index contributed by atoms with van der Waals surface area (Å²) in [6, 6.07) is 5.26. The third-order valence-electron chi connectivity index (χ3n) is 1.60. The summed E-state index contributed by atoms with van der Waals surface area (Å²) in [5, 5.41) is 0. The molecule has 0 atom stereocenters. The largest absolute Gasteiger partial charge is 0.397 e. The van der Waals surface area contributed by atoms with Gasteiger partial charge in [-0.3, -0.25) is 4.79 Å². The molecule has 0 aliphatic heterocycles. The quantitative estimate of drug-likeness (QED) is 0.640. The van der Waals surface area contributed by atoms with Crippen LogP contribution in [-0.4, -0.2) is 5.78 Å². The van der Waals surface area contributed by atoms with Crippen LogP contribution in [0.2, 0.25) is 0 Å². The lowest BCUT2D eigenvalue weighted by Gasteiger charge is -2.02. The molecule has 0 aromatic heterocycles. The minimum atomic E-state index is 0.124. The zero-order chi connectivity index (χ0) is 9.14. The second-order valence-corrected chi connectivity index (χ2v) is 2.84. The molecule has 0 bridgehead atoms. The Morgan fingerprint density at radius 3 is 2.50 bits per heavy atom. The van der Waals surface area contributed by atoms with Gasteiger partial charge >= 0.3 is 0 Å². The van der Waals surface area contributed by atoms with Crippen molar-refractivity contribution in [2.75, 3.05) is 11.5 Å². The Morgan fingerprint density at radius 1 is 1.33 bits per heavy atom. The molecule has 4 N–H and O–H groups in total. The van der Waals surface area contributed by atoms with E-state index >= 15 is 0 Å². The van der Waals surface area contributed by atoms with Gasteiger partial charge in [0.2, 0.25) is 0 Å². The number of hydrogen-bond donors (Lipinski definition) is 2. The smallest absolute Gasteiger partial charge is 0.134 e. The number of Topliss-reactive ketones (excluding diaryl/α,β-unsaturated/α-hetero) is 1. The standard InChI is InChI=1S/C9H12N2O/c1-6(12)4-7-2-3-8(10)9(11)5-7/h2-3,5H,4,10-11H2,1H3. The molecule has 0 aliphatic rings. The summed E-state index contributed by atoms with van der Waals surface area (Å²) >= 11 is 0. The molecule has 64 valence electrons. The molecule has 1 aromatic rings. The first-order chi connectivity index (χ1) is 5.59. The molecule has 0 aliphatic carbocycles. The Kier molecular flexibility index (Phi) is 2.33. The zero-order valence-electron chi connectivity index (χ0n) is 7.00. The van der Waals surface area contributed by atoms with Crippen molar-refractivity contribution in [1.29, 1.82) is 0 Å². The number of carbonyl (C=O) groups is 1. The van der Waals surface area contributed by atoms with E-state index < -0.39 is 0 Å². The van der Waals surface area contributed by atoms with Crippen LogP contribution in [0.4, 0.5) is 11.4 Å². The lowest BCUT2D eigenvalue weighted by atomic mass is 10.1. The van der Waals surface area contributed by atoms with Crippen molar-refractivity contribution in [2.24, 2.45) is 0 Å². The summed E-state index contributed by atoms with van der Waals surface area (Å²) in [4.78, 5) is 10.7. The van der Waals surface area contributed by atoms with E-state index in [-0.39, 0.29) is 5.78 Å². The number of nitrogen functional groups attached to an aromatic ring is 2. The van der Waals surface area contributed by atoms with Crippen LogP contribution in [0.25, 0.3) is 0 Å². The fourth-order valence-corrected chi connectivity index (χ4v) is 1.02. The SMILES string of the molecule is CC(=O)Cc1ccc(N)c(N)c1. The van der Waals surface area contributed by atoms with Crippen molar-refractivity contribution in [1.82, 2.24) is 0 Å². The lowest BCUT2D eigenvalue weighted by Crippen LogP contribution is -1.99. The average molecular weight is 164 g/mol. The maximum absolute atomic E-state index is 10.7. The molecule has 0 unspecified atom stereocenters. The number of ketones is 1. The first kappa shape index (κ1) is 8.59. The van der Waals surface area contributed by atoms with Crippen LogP contribution < -0.4 is 11.5 Å². The van der Waals surface area contributed by atoms with Gasteiger partial charge in [0, 0.05) is 6.42 Å². The number of rotatable bonds is 2. The van der Waals surface area contributed by atoms with Gasteiger partial charge < -0.3 is 11.5 Å². The van der Waals surface area contributed by atoms with Gasteiger partial charge in [-0.2, -0.15) is 0 Å². The van der Waals surface area contributed by atoms with E-state index in [4.69, 9.17) is 11.5 Å². The predicted octanol–water partition coefficient (Wildman–Crippen LogP) is 0.982. The maximum atomic E-state index is 10.7.